The summed E-state index contributed by atoms with van der Waals surface area (Å²) in [6.07, 6.45) is 2.12. The Balaban J connectivity index is 1.69. The number of primary amides is 1. The molecule has 0 radical (unpaired) electrons. The lowest BCUT2D eigenvalue weighted by molar-refractivity contribution is -0.124. The molecule has 1 atom stereocenters. The van der Waals surface area contributed by atoms with Crippen LogP contribution in [0, 0.1) is 0 Å². The summed E-state index contributed by atoms with van der Waals surface area (Å²) in [6.45, 7) is 1.02. The van der Waals surface area contributed by atoms with Crippen molar-refractivity contribution in [2.24, 2.45) is 5.73 Å². The third-order valence-corrected chi connectivity index (χ3v) is 4.73. The highest BCUT2D eigenvalue weighted by Crippen LogP contribution is 2.28. The molecule has 6 nitrogen and oxygen atoms in total. The molecule has 1 aliphatic rings. The fourth-order valence-electron chi connectivity index (χ4n) is 3.50. The van der Waals surface area contributed by atoms with Gasteiger partial charge in [-0.2, -0.15) is 0 Å². The molecule has 3 rings (SSSR count). The van der Waals surface area contributed by atoms with Crippen molar-refractivity contribution in [3.63, 3.8) is 0 Å². The van der Waals surface area contributed by atoms with Gasteiger partial charge in [0.25, 0.3) is 0 Å². The number of nitrogens with one attached hydrogen (secondary N) is 1. The second-order valence-corrected chi connectivity index (χ2v) is 6.20. The van der Waals surface area contributed by atoms with E-state index in [1.54, 1.807) is 7.11 Å². The summed E-state index contributed by atoms with van der Waals surface area (Å²) >= 11 is 0. The van der Waals surface area contributed by atoms with E-state index in [9.17, 15) is 9.59 Å². The summed E-state index contributed by atoms with van der Waals surface area (Å²) < 4.78 is 5.48. The van der Waals surface area contributed by atoms with E-state index in [2.05, 4.69) is 17.4 Å². The lowest BCUT2D eigenvalue weighted by atomic mass is 10.0. The van der Waals surface area contributed by atoms with Crippen LogP contribution in [0.25, 0.3) is 10.8 Å². The number of methoxy groups -OCH3 is 1. The van der Waals surface area contributed by atoms with Gasteiger partial charge in [-0.15, -0.1) is 0 Å². The van der Waals surface area contributed by atoms with Crippen LogP contribution < -0.4 is 15.8 Å². The van der Waals surface area contributed by atoms with Gasteiger partial charge in [0, 0.05) is 18.7 Å². The van der Waals surface area contributed by atoms with Crippen LogP contribution in [0.1, 0.15) is 18.4 Å². The molecule has 25 heavy (non-hydrogen) atoms. The molecule has 1 saturated heterocycles. The summed E-state index contributed by atoms with van der Waals surface area (Å²) in [7, 11) is 1.65. The maximum Gasteiger partial charge on any atom is 0.315 e. The quantitative estimate of drug-likeness (QED) is 0.873. The molecule has 1 fully saturated rings. The van der Waals surface area contributed by atoms with Crippen LogP contribution in [0.3, 0.4) is 0 Å². The molecule has 3 N–H and O–H groups in total. The van der Waals surface area contributed by atoms with Crippen LogP contribution in [0.4, 0.5) is 4.79 Å². The number of likely N-dealkylation sites (tertiary alicyclic amines) is 1. The first-order valence-corrected chi connectivity index (χ1v) is 8.50. The van der Waals surface area contributed by atoms with Crippen LogP contribution in [-0.4, -0.2) is 43.1 Å². The Labute approximate surface area is 146 Å². The van der Waals surface area contributed by atoms with Gasteiger partial charge in [0.2, 0.25) is 5.91 Å². The summed E-state index contributed by atoms with van der Waals surface area (Å²) in [6, 6.07) is 11.1. The first-order chi connectivity index (χ1) is 12.1. The van der Waals surface area contributed by atoms with Crippen molar-refractivity contribution in [2.75, 3.05) is 20.2 Å². The van der Waals surface area contributed by atoms with Crippen LogP contribution >= 0.6 is 0 Å². The highest BCUT2D eigenvalue weighted by atomic mass is 16.5. The number of urea groups is 1. The van der Waals surface area contributed by atoms with Crippen molar-refractivity contribution in [1.29, 1.82) is 0 Å². The summed E-state index contributed by atoms with van der Waals surface area (Å²) in [5, 5.41) is 5.19. The molecule has 1 heterocycles. The Bertz CT molecular complexity index is 791. The molecule has 6 heteroatoms. The summed E-state index contributed by atoms with van der Waals surface area (Å²) in [4.78, 5) is 25.2. The molecular weight excluding hydrogens is 318 g/mol. The van der Waals surface area contributed by atoms with Gasteiger partial charge in [0.15, 0.2) is 0 Å². The van der Waals surface area contributed by atoms with Gasteiger partial charge in [-0.3, -0.25) is 4.79 Å². The summed E-state index contributed by atoms with van der Waals surface area (Å²) in [5.74, 6) is 0.670. The Morgan fingerprint density at radius 2 is 2.08 bits per heavy atom. The number of hydrogen-bond donors (Lipinski definition) is 2. The fourth-order valence-corrected chi connectivity index (χ4v) is 3.50. The first kappa shape index (κ1) is 17.1. The molecule has 0 unspecified atom stereocenters. The maximum absolute atomic E-state index is 12.4. The lowest BCUT2D eigenvalue weighted by Crippen LogP contribution is -2.48. The molecule has 2 aromatic carbocycles. The van der Waals surface area contributed by atoms with Crippen LogP contribution in [0.5, 0.6) is 5.75 Å². The third kappa shape index (κ3) is 3.52. The topological polar surface area (TPSA) is 84.7 Å². The van der Waals surface area contributed by atoms with Gasteiger partial charge in [-0.1, -0.05) is 30.3 Å². The van der Waals surface area contributed by atoms with E-state index in [-0.39, 0.29) is 5.91 Å². The van der Waals surface area contributed by atoms with Crippen molar-refractivity contribution in [2.45, 2.75) is 25.3 Å². The van der Waals surface area contributed by atoms with E-state index in [1.807, 2.05) is 24.3 Å². The molecule has 1 aliphatic heterocycles. The Morgan fingerprint density at radius 3 is 2.84 bits per heavy atom. The average Bonchev–Trinajstić information content (AvgIpc) is 3.12. The number of fused-ring (bicyclic) bond motifs is 1. The number of benzene rings is 2. The average molecular weight is 341 g/mol. The van der Waals surface area contributed by atoms with Crippen LogP contribution in [-0.2, 0) is 11.2 Å². The van der Waals surface area contributed by atoms with Crippen molar-refractivity contribution in [1.82, 2.24) is 10.2 Å². The maximum atomic E-state index is 12.4. The molecule has 0 aliphatic carbocycles. The van der Waals surface area contributed by atoms with Crippen molar-refractivity contribution in [3.05, 3.63) is 42.0 Å². The number of nitrogens with zero attached hydrogens (tertiary/aromatic N) is 1. The zero-order valence-corrected chi connectivity index (χ0v) is 14.3. The molecule has 132 valence electrons. The lowest BCUT2D eigenvalue weighted by Gasteiger charge is -2.22. The number of ether oxygens (including phenoxy) is 1. The monoisotopic (exact) mass is 341 g/mol. The van der Waals surface area contributed by atoms with Gasteiger partial charge < -0.3 is 20.7 Å². The smallest absolute Gasteiger partial charge is 0.315 e. The standard InChI is InChI=1S/C19H23N3O3/c1-25-17-9-8-13-5-2-3-6-14(13)15(17)10-11-21-18(23)16-7-4-12-22(16)19(20)24/h2-3,5-6,8-9,16H,4,7,10-12H2,1H3,(H2,20,24)(H,21,23)/t16-/m0/s1. The molecule has 0 aromatic heterocycles. The number of carbonyl (C=O) groups excluding carboxylic acids is 2. The molecule has 3 amide bonds. The number of carbonyl (C=O) groups is 2. The largest absolute Gasteiger partial charge is 0.496 e. The molecule has 0 spiro atoms. The minimum absolute atomic E-state index is 0.143. The predicted molar refractivity (Wildman–Crippen MR) is 96.5 cm³/mol. The minimum Gasteiger partial charge on any atom is -0.496 e. The van der Waals surface area contributed by atoms with Gasteiger partial charge in [-0.25, -0.2) is 4.79 Å². The summed E-state index contributed by atoms with van der Waals surface area (Å²) in [5.41, 5.74) is 6.40. The van der Waals surface area contributed by atoms with E-state index in [0.29, 0.717) is 25.9 Å². The fraction of sp³-hybridized carbons (Fsp3) is 0.368. The van der Waals surface area contributed by atoms with E-state index in [4.69, 9.17) is 10.5 Å². The van der Waals surface area contributed by atoms with Crippen molar-refractivity contribution in [3.8, 4) is 5.75 Å². The second-order valence-electron chi connectivity index (χ2n) is 6.20. The van der Waals surface area contributed by atoms with E-state index >= 15 is 0 Å². The molecule has 2 aromatic rings. The normalized spacial score (nSPS) is 16.8. The number of hydrogen-bond acceptors (Lipinski definition) is 3. The van der Waals surface area contributed by atoms with Crippen molar-refractivity contribution < 1.29 is 14.3 Å². The van der Waals surface area contributed by atoms with E-state index < -0.39 is 12.1 Å². The second kappa shape index (κ2) is 7.42. The zero-order chi connectivity index (χ0) is 17.8. The van der Waals surface area contributed by atoms with E-state index in [1.165, 1.54) is 4.90 Å². The molecule has 0 bridgehead atoms. The Kier molecular flexibility index (Phi) is 5.07. The zero-order valence-electron chi connectivity index (χ0n) is 14.3. The SMILES string of the molecule is COc1ccc2ccccc2c1CCNC(=O)[C@@H]1CCCN1C(N)=O. The van der Waals surface area contributed by atoms with Crippen LogP contribution in [0.2, 0.25) is 0 Å². The number of rotatable bonds is 5. The van der Waals surface area contributed by atoms with Gasteiger partial charge in [0.1, 0.15) is 11.8 Å². The first-order valence-electron chi connectivity index (χ1n) is 8.50. The van der Waals surface area contributed by atoms with Gasteiger partial charge in [-0.05, 0) is 36.1 Å². The third-order valence-electron chi connectivity index (χ3n) is 4.73. The van der Waals surface area contributed by atoms with Gasteiger partial charge >= 0.3 is 6.03 Å². The predicted octanol–water partition coefficient (Wildman–Crippen LogP) is 2.05. The van der Waals surface area contributed by atoms with Gasteiger partial charge in [0.05, 0.1) is 7.11 Å². The Morgan fingerprint density at radius 1 is 1.28 bits per heavy atom. The highest BCUT2D eigenvalue weighted by molar-refractivity contribution is 5.88. The molecular formula is C19H23N3O3. The van der Waals surface area contributed by atoms with Crippen molar-refractivity contribution >= 4 is 22.7 Å². The number of amides is 3. The highest BCUT2D eigenvalue weighted by Gasteiger charge is 2.32. The molecule has 0 saturated carbocycles. The Hall–Kier alpha value is -2.76. The van der Waals surface area contributed by atoms with E-state index in [0.717, 1.165) is 28.5 Å². The number of nitrogens with two attached hydrogens (primary N) is 1. The minimum atomic E-state index is -0.534. The van der Waals surface area contributed by atoms with Crippen LogP contribution in [0.15, 0.2) is 36.4 Å².